The van der Waals surface area contributed by atoms with Crippen LogP contribution >= 0.6 is 0 Å². The van der Waals surface area contributed by atoms with E-state index in [9.17, 15) is 8.42 Å². The lowest BCUT2D eigenvalue weighted by molar-refractivity contribution is 0.216. The summed E-state index contributed by atoms with van der Waals surface area (Å²) in [5.41, 5.74) is 7.55. The summed E-state index contributed by atoms with van der Waals surface area (Å²) in [7, 11) is -3.68. The maximum Gasteiger partial charge on any atom is 0.243 e. The highest BCUT2D eigenvalue weighted by Crippen LogP contribution is 2.25. The first-order chi connectivity index (χ1) is 8.70. The molecule has 0 heterocycles. The number of nitrogen functional groups attached to an aromatic ring is 1. The molecule has 19 heavy (non-hydrogen) atoms. The number of anilines is 1. The van der Waals surface area contributed by atoms with Crippen molar-refractivity contribution in [3.8, 4) is 0 Å². The van der Waals surface area contributed by atoms with Crippen LogP contribution in [0.15, 0.2) is 17.0 Å². The Morgan fingerprint density at radius 1 is 1.32 bits per heavy atom. The molecule has 0 aliphatic heterocycles. The van der Waals surface area contributed by atoms with Gasteiger partial charge in [0.2, 0.25) is 10.0 Å². The third kappa shape index (κ3) is 3.46. The van der Waals surface area contributed by atoms with Crippen LogP contribution in [0.1, 0.15) is 25.0 Å². The molecule has 2 unspecified atom stereocenters. The fourth-order valence-corrected chi connectivity index (χ4v) is 3.53. The Balaban J connectivity index is 3.18. The maximum absolute atomic E-state index is 12.4. The number of aliphatic hydroxyl groups is 1. The number of benzene rings is 1. The van der Waals surface area contributed by atoms with Crippen molar-refractivity contribution in [3.63, 3.8) is 0 Å². The Kier molecular flexibility index (Phi) is 4.95. The fraction of sp³-hybridized carbons (Fsp3) is 0.538. The van der Waals surface area contributed by atoms with Gasteiger partial charge in [0.25, 0.3) is 0 Å². The number of aliphatic hydroxyl groups excluding tert-OH is 1. The molecule has 0 saturated heterocycles. The van der Waals surface area contributed by atoms with Gasteiger partial charge >= 0.3 is 0 Å². The number of rotatable bonds is 5. The molecule has 0 aliphatic rings. The minimum atomic E-state index is -3.68. The third-order valence-electron chi connectivity index (χ3n) is 3.46. The number of nitrogens with two attached hydrogens (primary N) is 1. The number of hydrogen-bond acceptors (Lipinski definition) is 4. The van der Waals surface area contributed by atoms with Gasteiger partial charge < -0.3 is 10.8 Å². The predicted octanol–water partition coefficient (Wildman–Crippen LogP) is 1.18. The lowest BCUT2D eigenvalue weighted by Crippen LogP contribution is -2.38. The smallest absolute Gasteiger partial charge is 0.243 e. The molecule has 0 radical (unpaired) electrons. The first kappa shape index (κ1) is 15.9. The first-order valence-corrected chi connectivity index (χ1v) is 7.68. The van der Waals surface area contributed by atoms with E-state index < -0.39 is 10.0 Å². The summed E-state index contributed by atoms with van der Waals surface area (Å²) in [6.07, 6.45) is 0. The Bertz CT molecular complexity index is 555. The largest absolute Gasteiger partial charge is 0.398 e. The molecule has 1 aromatic carbocycles. The fourth-order valence-electron chi connectivity index (χ4n) is 1.75. The second-order valence-corrected chi connectivity index (χ2v) is 6.65. The highest BCUT2D eigenvalue weighted by Gasteiger charge is 2.25. The standard InChI is InChI=1S/C13H22N2O3S/c1-8-5-6-12(14)13(10(8)3)19(17,18)15-11(4)9(2)7-16/h5-6,9,11,15-16H,7,14H2,1-4H3. The monoisotopic (exact) mass is 286 g/mol. The van der Waals surface area contributed by atoms with E-state index in [4.69, 9.17) is 10.8 Å². The molecule has 0 aliphatic carbocycles. The normalized spacial score (nSPS) is 15.2. The van der Waals surface area contributed by atoms with Crippen molar-refractivity contribution in [2.45, 2.75) is 38.6 Å². The molecule has 108 valence electrons. The highest BCUT2D eigenvalue weighted by molar-refractivity contribution is 7.89. The molecule has 0 amide bonds. The van der Waals surface area contributed by atoms with E-state index in [2.05, 4.69) is 4.72 Å². The third-order valence-corrected chi connectivity index (χ3v) is 5.22. The Morgan fingerprint density at radius 3 is 2.42 bits per heavy atom. The molecule has 0 fully saturated rings. The van der Waals surface area contributed by atoms with Crippen molar-refractivity contribution in [2.24, 2.45) is 5.92 Å². The maximum atomic E-state index is 12.4. The molecule has 0 saturated carbocycles. The Morgan fingerprint density at radius 2 is 1.89 bits per heavy atom. The minimum absolute atomic E-state index is 0.0774. The topological polar surface area (TPSA) is 92.4 Å². The average Bonchev–Trinajstić information content (AvgIpc) is 2.32. The lowest BCUT2D eigenvalue weighted by atomic mass is 10.1. The Labute approximate surface area is 114 Å². The molecule has 1 rings (SSSR count). The summed E-state index contributed by atoms with van der Waals surface area (Å²) in [6.45, 7) is 7.00. The van der Waals surface area contributed by atoms with Gasteiger partial charge in [0.1, 0.15) is 4.90 Å². The number of sulfonamides is 1. The van der Waals surface area contributed by atoms with Crippen molar-refractivity contribution < 1.29 is 13.5 Å². The van der Waals surface area contributed by atoms with Gasteiger partial charge in [0, 0.05) is 12.6 Å². The van der Waals surface area contributed by atoms with E-state index in [1.165, 1.54) is 0 Å². The van der Waals surface area contributed by atoms with Gasteiger partial charge in [-0.1, -0.05) is 13.0 Å². The van der Waals surface area contributed by atoms with E-state index in [-0.39, 0.29) is 29.1 Å². The zero-order valence-corrected chi connectivity index (χ0v) is 12.6. The van der Waals surface area contributed by atoms with Crippen LogP contribution in [0.4, 0.5) is 5.69 Å². The highest BCUT2D eigenvalue weighted by atomic mass is 32.2. The molecule has 2 atom stereocenters. The molecule has 0 bridgehead atoms. The van der Waals surface area contributed by atoms with Crippen LogP contribution in [-0.4, -0.2) is 26.2 Å². The zero-order chi connectivity index (χ0) is 14.8. The van der Waals surface area contributed by atoms with E-state index in [1.54, 1.807) is 32.9 Å². The van der Waals surface area contributed by atoms with Crippen LogP contribution in [0.5, 0.6) is 0 Å². The second kappa shape index (κ2) is 5.90. The van der Waals surface area contributed by atoms with Gasteiger partial charge in [0.15, 0.2) is 0 Å². The molecule has 0 spiro atoms. The quantitative estimate of drug-likeness (QED) is 0.709. The van der Waals surface area contributed by atoms with E-state index in [0.29, 0.717) is 5.56 Å². The van der Waals surface area contributed by atoms with Crippen LogP contribution in [0.2, 0.25) is 0 Å². The zero-order valence-electron chi connectivity index (χ0n) is 11.8. The summed E-state index contributed by atoms with van der Waals surface area (Å²) in [5, 5.41) is 9.07. The molecule has 6 heteroatoms. The van der Waals surface area contributed by atoms with Crippen LogP contribution < -0.4 is 10.5 Å². The number of aryl methyl sites for hydroxylation is 1. The van der Waals surface area contributed by atoms with Crippen LogP contribution in [0.25, 0.3) is 0 Å². The summed E-state index contributed by atoms with van der Waals surface area (Å²) in [6, 6.07) is 3.02. The van der Waals surface area contributed by atoms with E-state index >= 15 is 0 Å². The first-order valence-electron chi connectivity index (χ1n) is 6.19. The number of hydrogen-bond donors (Lipinski definition) is 3. The van der Waals surface area contributed by atoms with Crippen molar-refractivity contribution in [3.05, 3.63) is 23.3 Å². The average molecular weight is 286 g/mol. The van der Waals surface area contributed by atoms with Gasteiger partial charge in [-0.2, -0.15) is 0 Å². The molecular formula is C13H22N2O3S. The summed E-state index contributed by atoms with van der Waals surface area (Å²) in [4.78, 5) is 0.129. The minimum Gasteiger partial charge on any atom is -0.398 e. The molecular weight excluding hydrogens is 264 g/mol. The lowest BCUT2D eigenvalue weighted by Gasteiger charge is -2.21. The van der Waals surface area contributed by atoms with Gasteiger partial charge in [-0.25, -0.2) is 13.1 Å². The van der Waals surface area contributed by atoms with Crippen molar-refractivity contribution >= 4 is 15.7 Å². The van der Waals surface area contributed by atoms with Crippen molar-refractivity contribution in [1.29, 1.82) is 0 Å². The van der Waals surface area contributed by atoms with Crippen molar-refractivity contribution in [2.75, 3.05) is 12.3 Å². The summed E-state index contributed by atoms with van der Waals surface area (Å²) >= 11 is 0. The van der Waals surface area contributed by atoms with Crippen LogP contribution in [0.3, 0.4) is 0 Å². The molecule has 4 N–H and O–H groups in total. The Hall–Kier alpha value is -1.11. The van der Waals surface area contributed by atoms with Crippen LogP contribution in [0, 0.1) is 19.8 Å². The molecule has 1 aromatic rings. The second-order valence-electron chi connectivity index (χ2n) is 5.00. The molecule has 5 nitrogen and oxygen atoms in total. The summed E-state index contributed by atoms with van der Waals surface area (Å²) in [5.74, 6) is -0.166. The van der Waals surface area contributed by atoms with Gasteiger partial charge in [-0.3, -0.25) is 0 Å². The van der Waals surface area contributed by atoms with Crippen molar-refractivity contribution in [1.82, 2.24) is 4.72 Å². The predicted molar refractivity (Wildman–Crippen MR) is 76.4 cm³/mol. The van der Waals surface area contributed by atoms with E-state index in [1.807, 2.05) is 6.92 Å². The van der Waals surface area contributed by atoms with Gasteiger partial charge in [-0.15, -0.1) is 0 Å². The summed E-state index contributed by atoms with van der Waals surface area (Å²) < 4.78 is 27.3. The van der Waals surface area contributed by atoms with Crippen LogP contribution in [-0.2, 0) is 10.0 Å². The van der Waals surface area contributed by atoms with Gasteiger partial charge in [0.05, 0.1) is 5.69 Å². The van der Waals surface area contributed by atoms with E-state index in [0.717, 1.165) is 5.56 Å². The number of nitrogens with one attached hydrogen (secondary N) is 1. The van der Waals surface area contributed by atoms with Gasteiger partial charge in [-0.05, 0) is 43.9 Å². The molecule has 0 aromatic heterocycles. The SMILES string of the molecule is Cc1ccc(N)c(S(=O)(=O)NC(C)C(C)CO)c1C.